The average Bonchev–Trinajstić information content (AvgIpc) is 3.56. The van der Waals surface area contributed by atoms with E-state index >= 15 is 0 Å². The summed E-state index contributed by atoms with van der Waals surface area (Å²) in [5.41, 5.74) is 2.45. The Labute approximate surface area is 190 Å². The second-order valence-electron chi connectivity index (χ2n) is 7.75. The van der Waals surface area contributed by atoms with Crippen LogP contribution < -0.4 is 20.3 Å². The second kappa shape index (κ2) is 9.52. The molecule has 1 saturated carbocycles. The fourth-order valence-corrected chi connectivity index (χ4v) is 4.26. The van der Waals surface area contributed by atoms with E-state index in [9.17, 15) is 9.59 Å². The van der Waals surface area contributed by atoms with Gasteiger partial charge in [-0.1, -0.05) is 0 Å². The maximum Gasteiger partial charge on any atom is 0.267 e. The zero-order chi connectivity index (χ0) is 22.7. The van der Waals surface area contributed by atoms with Crippen LogP contribution in [0.15, 0.2) is 40.5 Å². The number of hydrogen-bond acceptors (Lipinski definition) is 7. The zero-order valence-corrected chi connectivity index (χ0v) is 19.1. The van der Waals surface area contributed by atoms with Gasteiger partial charge in [-0.05, 0) is 44.0 Å². The molecule has 8 nitrogen and oxygen atoms in total. The van der Waals surface area contributed by atoms with E-state index in [-0.39, 0.29) is 11.5 Å². The summed E-state index contributed by atoms with van der Waals surface area (Å²) in [7, 11) is 3.20. The molecule has 2 heterocycles. The van der Waals surface area contributed by atoms with Gasteiger partial charge in [-0.3, -0.25) is 9.59 Å². The van der Waals surface area contributed by atoms with E-state index in [2.05, 4.69) is 15.4 Å². The lowest BCUT2D eigenvalue weighted by molar-refractivity contribution is -0.124. The van der Waals surface area contributed by atoms with E-state index in [4.69, 9.17) is 9.47 Å². The molecular formula is C23H26N4O4S. The zero-order valence-electron chi connectivity index (χ0n) is 18.3. The first kappa shape index (κ1) is 22.0. The van der Waals surface area contributed by atoms with Gasteiger partial charge in [-0.25, -0.2) is 9.67 Å². The van der Waals surface area contributed by atoms with E-state index in [0.717, 1.165) is 34.8 Å². The molecule has 0 aliphatic heterocycles. The number of aromatic nitrogens is 3. The Balaban J connectivity index is 1.35. The third-order valence-corrected chi connectivity index (χ3v) is 6.39. The molecule has 1 fully saturated rings. The van der Waals surface area contributed by atoms with E-state index in [1.54, 1.807) is 27.2 Å². The minimum absolute atomic E-state index is 0.233. The molecule has 0 spiro atoms. The van der Waals surface area contributed by atoms with Crippen LogP contribution in [0.25, 0.3) is 10.6 Å². The summed E-state index contributed by atoms with van der Waals surface area (Å²) in [5, 5.41) is 10.1. The highest BCUT2D eigenvalue weighted by molar-refractivity contribution is 7.13. The van der Waals surface area contributed by atoms with Gasteiger partial charge in [0, 0.05) is 35.9 Å². The molecule has 32 heavy (non-hydrogen) atoms. The van der Waals surface area contributed by atoms with Gasteiger partial charge in [0.15, 0.2) is 11.5 Å². The van der Waals surface area contributed by atoms with Crippen molar-refractivity contribution in [3.63, 3.8) is 0 Å². The van der Waals surface area contributed by atoms with Crippen LogP contribution in [0.1, 0.15) is 43.1 Å². The number of benzene rings is 1. The Morgan fingerprint density at radius 2 is 2.00 bits per heavy atom. The quantitative estimate of drug-likeness (QED) is 0.534. The molecule has 1 aromatic carbocycles. The maximum absolute atomic E-state index is 12.6. The van der Waals surface area contributed by atoms with Gasteiger partial charge in [0.1, 0.15) is 11.0 Å². The van der Waals surface area contributed by atoms with Crippen molar-refractivity contribution in [3.05, 3.63) is 57.5 Å². The van der Waals surface area contributed by atoms with Crippen LogP contribution in [-0.2, 0) is 11.2 Å². The maximum atomic E-state index is 12.6. The van der Waals surface area contributed by atoms with Gasteiger partial charge >= 0.3 is 0 Å². The minimum atomic E-state index is -0.668. The van der Waals surface area contributed by atoms with Crippen molar-refractivity contribution in [3.8, 4) is 22.1 Å². The number of thiazole rings is 1. The lowest BCUT2D eigenvalue weighted by Gasteiger charge is -2.14. The van der Waals surface area contributed by atoms with Crippen LogP contribution in [-0.4, -0.2) is 41.4 Å². The summed E-state index contributed by atoms with van der Waals surface area (Å²) in [5.74, 6) is 1.50. The molecule has 1 aliphatic rings. The Hall–Kier alpha value is -3.20. The molecular weight excluding hydrogens is 428 g/mol. The van der Waals surface area contributed by atoms with Gasteiger partial charge < -0.3 is 14.8 Å². The van der Waals surface area contributed by atoms with E-state index in [1.807, 2.05) is 23.6 Å². The SMILES string of the molecule is COc1ccc(-c2nc(CCNC(=O)C(C)n3nc(C4CC4)ccc3=O)cs2)cc1OC. The van der Waals surface area contributed by atoms with Crippen molar-refractivity contribution in [2.24, 2.45) is 0 Å². The summed E-state index contributed by atoms with van der Waals surface area (Å²) in [4.78, 5) is 29.4. The van der Waals surface area contributed by atoms with Crippen molar-refractivity contribution in [1.29, 1.82) is 0 Å². The van der Waals surface area contributed by atoms with E-state index < -0.39 is 6.04 Å². The van der Waals surface area contributed by atoms with Crippen LogP contribution in [0.4, 0.5) is 0 Å². The van der Waals surface area contributed by atoms with Crippen molar-refractivity contribution < 1.29 is 14.3 Å². The van der Waals surface area contributed by atoms with Crippen LogP contribution in [0, 0.1) is 0 Å². The molecule has 0 bridgehead atoms. The van der Waals surface area contributed by atoms with E-state index in [1.165, 1.54) is 22.1 Å². The number of carbonyl (C=O) groups excluding carboxylic acids is 1. The number of hydrogen-bond donors (Lipinski definition) is 1. The molecule has 1 N–H and O–H groups in total. The fraction of sp³-hybridized carbons (Fsp3) is 0.391. The average molecular weight is 455 g/mol. The van der Waals surface area contributed by atoms with Crippen LogP contribution in [0.3, 0.4) is 0 Å². The molecule has 4 rings (SSSR count). The van der Waals surface area contributed by atoms with Gasteiger partial charge in [0.25, 0.3) is 5.56 Å². The number of methoxy groups -OCH3 is 2. The first-order valence-corrected chi connectivity index (χ1v) is 11.4. The number of rotatable bonds is 9. The van der Waals surface area contributed by atoms with Crippen LogP contribution >= 0.6 is 11.3 Å². The number of nitrogens with one attached hydrogen (secondary N) is 1. The molecule has 1 aliphatic carbocycles. The Morgan fingerprint density at radius 1 is 1.22 bits per heavy atom. The van der Waals surface area contributed by atoms with Crippen LogP contribution in [0.2, 0.25) is 0 Å². The summed E-state index contributed by atoms with van der Waals surface area (Å²) in [6, 6.07) is 8.28. The largest absolute Gasteiger partial charge is 0.493 e. The second-order valence-corrected chi connectivity index (χ2v) is 8.60. The van der Waals surface area contributed by atoms with Gasteiger partial charge in [-0.2, -0.15) is 5.10 Å². The number of carbonyl (C=O) groups is 1. The molecule has 2 aromatic heterocycles. The minimum Gasteiger partial charge on any atom is -0.493 e. The van der Waals surface area contributed by atoms with Crippen molar-refractivity contribution in [1.82, 2.24) is 20.1 Å². The Kier molecular flexibility index (Phi) is 6.55. The number of ether oxygens (including phenoxy) is 2. The number of nitrogens with zero attached hydrogens (tertiary/aromatic N) is 3. The molecule has 1 unspecified atom stereocenters. The van der Waals surface area contributed by atoms with Crippen molar-refractivity contribution in [2.75, 3.05) is 20.8 Å². The monoisotopic (exact) mass is 454 g/mol. The Bertz CT molecular complexity index is 1170. The van der Waals surface area contributed by atoms with Gasteiger partial charge in [0.05, 0.1) is 25.6 Å². The third-order valence-electron chi connectivity index (χ3n) is 5.45. The Morgan fingerprint density at radius 3 is 2.72 bits per heavy atom. The van der Waals surface area contributed by atoms with Crippen LogP contribution in [0.5, 0.6) is 11.5 Å². The standard InChI is InChI=1S/C23H26N4O4S/c1-14(27-21(28)9-7-18(26-27)15-4-5-15)22(29)24-11-10-17-13-32-23(25-17)16-6-8-19(30-2)20(12-16)31-3/h6-9,12-15H,4-5,10-11H2,1-3H3,(H,24,29). The summed E-state index contributed by atoms with van der Waals surface area (Å²) < 4.78 is 11.9. The predicted octanol–water partition coefficient (Wildman–Crippen LogP) is 3.18. The highest BCUT2D eigenvalue weighted by Gasteiger charge is 2.27. The molecule has 0 radical (unpaired) electrons. The molecule has 168 valence electrons. The smallest absolute Gasteiger partial charge is 0.267 e. The lowest BCUT2D eigenvalue weighted by Crippen LogP contribution is -2.38. The number of amides is 1. The molecule has 9 heteroatoms. The summed E-state index contributed by atoms with van der Waals surface area (Å²) in [6.45, 7) is 2.12. The first-order valence-electron chi connectivity index (χ1n) is 10.5. The van der Waals surface area contributed by atoms with Gasteiger partial charge in [0.2, 0.25) is 5.91 Å². The normalized spacial score (nSPS) is 14.1. The highest BCUT2D eigenvalue weighted by atomic mass is 32.1. The van der Waals surface area contributed by atoms with Crippen molar-refractivity contribution in [2.45, 2.75) is 38.1 Å². The first-order chi connectivity index (χ1) is 15.5. The third kappa shape index (κ3) is 4.83. The molecule has 3 aromatic rings. The molecule has 0 saturated heterocycles. The van der Waals surface area contributed by atoms with Gasteiger partial charge in [-0.15, -0.1) is 11.3 Å². The fourth-order valence-electron chi connectivity index (χ4n) is 3.41. The molecule has 1 amide bonds. The molecule has 1 atom stereocenters. The topological polar surface area (TPSA) is 95.3 Å². The predicted molar refractivity (Wildman–Crippen MR) is 123 cm³/mol. The lowest BCUT2D eigenvalue weighted by atomic mass is 10.2. The summed E-state index contributed by atoms with van der Waals surface area (Å²) in [6.07, 6.45) is 2.77. The highest BCUT2D eigenvalue weighted by Crippen LogP contribution is 2.38. The van der Waals surface area contributed by atoms with E-state index in [0.29, 0.717) is 30.4 Å². The summed E-state index contributed by atoms with van der Waals surface area (Å²) >= 11 is 1.53. The van der Waals surface area contributed by atoms with Crippen molar-refractivity contribution >= 4 is 17.2 Å².